The van der Waals surface area contributed by atoms with Crippen LogP contribution >= 0.6 is 11.3 Å². The molecular formula is C24H24N4O4S. The van der Waals surface area contributed by atoms with Crippen LogP contribution in [0.15, 0.2) is 29.8 Å². The Bertz CT molecular complexity index is 1240. The van der Waals surface area contributed by atoms with Gasteiger partial charge in [-0.05, 0) is 55.2 Å². The molecular weight excluding hydrogens is 440 g/mol. The number of nitrogens with one attached hydrogen (secondary N) is 1. The van der Waals surface area contributed by atoms with Crippen molar-refractivity contribution in [1.82, 2.24) is 20.2 Å². The fourth-order valence-electron chi connectivity index (χ4n) is 4.22. The number of amides is 2. The van der Waals surface area contributed by atoms with Gasteiger partial charge in [0.15, 0.2) is 11.5 Å². The Labute approximate surface area is 195 Å². The van der Waals surface area contributed by atoms with E-state index in [1.807, 2.05) is 24.9 Å². The number of aromatic nitrogens is 2. The summed E-state index contributed by atoms with van der Waals surface area (Å²) in [5.74, 6) is 1.03. The number of benzene rings is 1. The summed E-state index contributed by atoms with van der Waals surface area (Å²) in [4.78, 5) is 36.2. The molecule has 9 heteroatoms. The molecule has 4 heterocycles. The maximum absolute atomic E-state index is 13.2. The van der Waals surface area contributed by atoms with Crippen molar-refractivity contribution in [3.63, 3.8) is 0 Å². The Morgan fingerprint density at radius 3 is 2.79 bits per heavy atom. The highest BCUT2D eigenvalue weighted by molar-refractivity contribution is 7.09. The summed E-state index contributed by atoms with van der Waals surface area (Å²) < 4.78 is 11.2. The van der Waals surface area contributed by atoms with E-state index in [0.717, 1.165) is 27.4 Å². The fraction of sp³-hybridized carbons (Fsp3) is 0.333. The van der Waals surface area contributed by atoms with E-state index in [0.29, 0.717) is 62.0 Å². The van der Waals surface area contributed by atoms with Crippen LogP contribution in [0.25, 0.3) is 0 Å². The van der Waals surface area contributed by atoms with E-state index in [4.69, 9.17) is 9.47 Å². The lowest BCUT2D eigenvalue weighted by Crippen LogP contribution is -2.37. The third-order valence-electron chi connectivity index (χ3n) is 5.95. The van der Waals surface area contributed by atoms with Crippen molar-refractivity contribution in [2.75, 3.05) is 19.8 Å². The van der Waals surface area contributed by atoms with Gasteiger partial charge in [-0.25, -0.2) is 4.98 Å². The molecule has 0 aliphatic carbocycles. The Balaban J connectivity index is 1.31. The molecule has 3 aromatic rings. The maximum atomic E-state index is 13.2. The molecule has 2 aliphatic heterocycles. The lowest BCUT2D eigenvalue weighted by atomic mass is 9.94. The standard InChI is InChI=1S/C24H24N4O4S/c1-14-19(11-26-23(29)20-13-33-15(2)27-20)18-5-6-28(12-17(18)10-25-14)24(30)16-3-4-21-22(9-16)32-8-7-31-21/h3-4,9-10,13H,5-8,11-12H2,1-2H3,(H,26,29). The zero-order valence-corrected chi connectivity index (χ0v) is 19.3. The van der Waals surface area contributed by atoms with Crippen LogP contribution in [0.4, 0.5) is 0 Å². The highest BCUT2D eigenvalue weighted by Crippen LogP contribution is 2.32. The first-order chi connectivity index (χ1) is 16.0. The van der Waals surface area contributed by atoms with Gasteiger partial charge in [-0.1, -0.05) is 0 Å². The van der Waals surface area contributed by atoms with Gasteiger partial charge < -0.3 is 19.7 Å². The average molecular weight is 465 g/mol. The highest BCUT2D eigenvalue weighted by Gasteiger charge is 2.26. The molecule has 0 bridgehead atoms. The molecule has 0 unspecified atom stereocenters. The summed E-state index contributed by atoms with van der Waals surface area (Å²) in [5.41, 5.74) is 5.07. The lowest BCUT2D eigenvalue weighted by molar-refractivity contribution is 0.0733. The van der Waals surface area contributed by atoms with Crippen molar-refractivity contribution in [3.05, 3.63) is 68.4 Å². The van der Waals surface area contributed by atoms with Crippen LogP contribution in [0.5, 0.6) is 11.5 Å². The molecule has 2 amide bonds. The second-order valence-electron chi connectivity index (χ2n) is 8.10. The molecule has 0 saturated heterocycles. The van der Waals surface area contributed by atoms with E-state index in [1.165, 1.54) is 11.3 Å². The molecule has 2 aromatic heterocycles. The molecule has 0 atom stereocenters. The van der Waals surface area contributed by atoms with E-state index in [9.17, 15) is 9.59 Å². The smallest absolute Gasteiger partial charge is 0.271 e. The van der Waals surface area contributed by atoms with Crippen LogP contribution in [0.3, 0.4) is 0 Å². The fourth-order valence-corrected chi connectivity index (χ4v) is 4.81. The van der Waals surface area contributed by atoms with Crippen molar-refractivity contribution < 1.29 is 19.1 Å². The number of carbonyl (C=O) groups excluding carboxylic acids is 2. The first-order valence-corrected chi connectivity index (χ1v) is 11.7. The first-order valence-electron chi connectivity index (χ1n) is 10.8. The molecule has 5 rings (SSSR count). The molecule has 0 saturated carbocycles. The van der Waals surface area contributed by atoms with Gasteiger partial charge >= 0.3 is 0 Å². The van der Waals surface area contributed by atoms with E-state index >= 15 is 0 Å². The highest BCUT2D eigenvalue weighted by atomic mass is 32.1. The molecule has 0 spiro atoms. The van der Waals surface area contributed by atoms with Crippen molar-refractivity contribution in [2.45, 2.75) is 33.4 Å². The van der Waals surface area contributed by atoms with Gasteiger partial charge in [-0.2, -0.15) is 0 Å². The number of pyridine rings is 1. The van der Waals surface area contributed by atoms with Crippen molar-refractivity contribution in [1.29, 1.82) is 0 Å². The molecule has 1 N–H and O–H groups in total. The van der Waals surface area contributed by atoms with Gasteiger partial charge in [-0.3, -0.25) is 14.6 Å². The average Bonchev–Trinajstić information content (AvgIpc) is 3.28. The van der Waals surface area contributed by atoms with Crippen molar-refractivity contribution in [3.8, 4) is 11.5 Å². The summed E-state index contributed by atoms with van der Waals surface area (Å²) in [5, 5.41) is 5.59. The Morgan fingerprint density at radius 2 is 2.00 bits per heavy atom. The van der Waals surface area contributed by atoms with Crippen LogP contribution in [0, 0.1) is 13.8 Å². The largest absolute Gasteiger partial charge is 0.486 e. The minimum atomic E-state index is -0.192. The number of hydrogen-bond donors (Lipinski definition) is 1. The van der Waals surface area contributed by atoms with Crippen molar-refractivity contribution in [2.24, 2.45) is 0 Å². The maximum Gasteiger partial charge on any atom is 0.271 e. The summed E-state index contributed by atoms with van der Waals surface area (Å²) in [6.45, 7) is 6.27. The molecule has 2 aliphatic rings. The number of carbonyl (C=O) groups is 2. The number of fused-ring (bicyclic) bond motifs is 2. The van der Waals surface area contributed by atoms with E-state index in [1.54, 1.807) is 23.6 Å². The predicted molar refractivity (Wildman–Crippen MR) is 123 cm³/mol. The Morgan fingerprint density at radius 1 is 1.18 bits per heavy atom. The number of aryl methyl sites for hydroxylation is 2. The summed E-state index contributed by atoms with van der Waals surface area (Å²) >= 11 is 1.45. The zero-order valence-electron chi connectivity index (χ0n) is 18.5. The van der Waals surface area contributed by atoms with Gasteiger partial charge in [0.25, 0.3) is 11.8 Å². The number of thiazole rings is 1. The summed E-state index contributed by atoms with van der Waals surface area (Å²) in [7, 11) is 0. The van der Waals surface area contributed by atoms with Gasteiger partial charge in [0, 0.05) is 42.5 Å². The third kappa shape index (κ3) is 4.28. The van der Waals surface area contributed by atoms with E-state index < -0.39 is 0 Å². The lowest BCUT2D eigenvalue weighted by Gasteiger charge is -2.31. The monoisotopic (exact) mass is 464 g/mol. The molecule has 170 valence electrons. The predicted octanol–water partition coefficient (Wildman–Crippen LogP) is 3.05. The number of hydrogen-bond acceptors (Lipinski definition) is 7. The van der Waals surface area contributed by atoms with Crippen molar-refractivity contribution >= 4 is 23.2 Å². The van der Waals surface area contributed by atoms with Crippen LogP contribution in [0.1, 0.15) is 48.2 Å². The molecule has 1 aromatic carbocycles. The number of nitrogens with zero attached hydrogens (tertiary/aromatic N) is 3. The molecule has 8 nitrogen and oxygen atoms in total. The van der Waals surface area contributed by atoms with Crippen LogP contribution in [-0.2, 0) is 19.5 Å². The molecule has 33 heavy (non-hydrogen) atoms. The van der Waals surface area contributed by atoms with Gasteiger partial charge in [-0.15, -0.1) is 11.3 Å². The van der Waals surface area contributed by atoms with Crippen LogP contribution < -0.4 is 14.8 Å². The first kappa shape index (κ1) is 21.4. The minimum absolute atomic E-state index is 0.0491. The second-order valence-corrected chi connectivity index (χ2v) is 9.16. The third-order valence-corrected chi connectivity index (χ3v) is 6.72. The quantitative estimate of drug-likeness (QED) is 0.638. The molecule has 0 fully saturated rings. The van der Waals surface area contributed by atoms with Gasteiger partial charge in [0.2, 0.25) is 0 Å². The summed E-state index contributed by atoms with van der Waals surface area (Å²) in [6, 6.07) is 5.32. The van der Waals surface area contributed by atoms with Gasteiger partial charge in [0.1, 0.15) is 18.9 Å². The number of ether oxygens (including phenoxy) is 2. The Hall–Kier alpha value is -3.46. The van der Waals surface area contributed by atoms with Crippen LogP contribution in [0.2, 0.25) is 0 Å². The second kappa shape index (κ2) is 8.82. The number of rotatable bonds is 4. The SMILES string of the molecule is Cc1nc(C(=O)NCc2c(C)ncc3c2CCN(C(=O)c2ccc4c(c2)OCCO4)C3)cs1. The topological polar surface area (TPSA) is 93.7 Å². The normalized spacial score (nSPS) is 14.5. The Kier molecular flexibility index (Phi) is 5.72. The molecule has 0 radical (unpaired) electrons. The van der Waals surface area contributed by atoms with E-state index in [-0.39, 0.29) is 11.8 Å². The van der Waals surface area contributed by atoms with Crippen LogP contribution in [-0.4, -0.2) is 46.4 Å². The van der Waals surface area contributed by atoms with Gasteiger partial charge in [0.05, 0.1) is 5.01 Å². The summed E-state index contributed by atoms with van der Waals surface area (Å²) in [6.07, 6.45) is 2.54. The van der Waals surface area contributed by atoms with E-state index in [2.05, 4.69) is 15.3 Å². The minimum Gasteiger partial charge on any atom is -0.486 e. The zero-order chi connectivity index (χ0) is 22.9.